The molecule has 7 nitrogen and oxygen atoms in total. The number of rotatable bonds is 5. The molecule has 1 aromatic heterocycles. The number of nitrogens with zero attached hydrogens (tertiary/aromatic N) is 3. The Hall–Kier alpha value is -3.34. The summed E-state index contributed by atoms with van der Waals surface area (Å²) >= 11 is 0. The van der Waals surface area contributed by atoms with E-state index in [9.17, 15) is 9.18 Å². The summed E-state index contributed by atoms with van der Waals surface area (Å²) in [5.74, 6) is -0.0815. The Bertz CT molecular complexity index is 960. The van der Waals surface area contributed by atoms with E-state index in [1.807, 2.05) is 26.8 Å². The minimum Gasteiger partial charge on any atom is -0.484 e. The van der Waals surface area contributed by atoms with E-state index in [-0.39, 0.29) is 30.1 Å². The van der Waals surface area contributed by atoms with Gasteiger partial charge in [0.15, 0.2) is 11.6 Å². The lowest BCUT2D eigenvalue weighted by molar-refractivity contribution is 0.0123. The Morgan fingerprint density at radius 1 is 1.26 bits per heavy atom. The number of halogens is 1. The lowest BCUT2D eigenvalue weighted by Crippen LogP contribution is -2.44. The van der Waals surface area contributed by atoms with Gasteiger partial charge in [-0.15, -0.1) is 0 Å². The van der Waals surface area contributed by atoms with Crippen molar-refractivity contribution < 1.29 is 23.4 Å². The summed E-state index contributed by atoms with van der Waals surface area (Å²) in [6, 6.07) is 11.2. The molecular formula is C23H26FN3O4. The third-order valence-electron chi connectivity index (χ3n) is 4.60. The first-order valence-corrected chi connectivity index (χ1v) is 10.2. The predicted octanol–water partition coefficient (Wildman–Crippen LogP) is 4.45. The van der Waals surface area contributed by atoms with E-state index >= 15 is 0 Å². The lowest BCUT2D eigenvalue weighted by atomic mass is 10.1. The van der Waals surface area contributed by atoms with Crippen LogP contribution >= 0.6 is 0 Å². The summed E-state index contributed by atoms with van der Waals surface area (Å²) in [6.45, 7) is 6.72. The van der Waals surface area contributed by atoms with Gasteiger partial charge < -0.3 is 19.1 Å². The largest absolute Gasteiger partial charge is 0.484 e. The Labute approximate surface area is 181 Å². The summed E-state index contributed by atoms with van der Waals surface area (Å²) in [7, 11) is 0. The van der Waals surface area contributed by atoms with Gasteiger partial charge in [-0.1, -0.05) is 6.07 Å². The molecule has 3 rings (SSSR count). The number of piperidine rings is 1. The molecular weight excluding hydrogens is 401 g/mol. The smallest absolute Gasteiger partial charge is 0.410 e. The Balaban J connectivity index is 1.51. The highest BCUT2D eigenvalue weighted by Crippen LogP contribution is 2.22. The highest BCUT2D eigenvalue weighted by atomic mass is 19.1. The van der Waals surface area contributed by atoms with Crippen molar-refractivity contribution in [2.75, 3.05) is 13.1 Å². The molecule has 1 fully saturated rings. The number of benzene rings is 1. The normalized spacial score (nSPS) is 14.6. The van der Waals surface area contributed by atoms with Gasteiger partial charge in [0.1, 0.15) is 18.3 Å². The molecule has 0 unspecified atom stereocenters. The van der Waals surface area contributed by atoms with Crippen molar-refractivity contribution in [1.82, 2.24) is 9.88 Å². The van der Waals surface area contributed by atoms with Crippen molar-refractivity contribution in [1.29, 1.82) is 5.26 Å². The molecule has 8 heteroatoms. The van der Waals surface area contributed by atoms with E-state index in [2.05, 4.69) is 4.98 Å². The maximum absolute atomic E-state index is 13.9. The maximum Gasteiger partial charge on any atom is 0.410 e. The second-order valence-corrected chi connectivity index (χ2v) is 8.30. The number of pyridine rings is 1. The van der Waals surface area contributed by atoms with Gasteiger partial charge in [-0.3, -0.25) is 0 Å². The third-order valence-corrected chi connectivity index (χ3v) is 4.60. The second kappa shape index (κ2) is 9.65. The van der Waals surface area contributed by atoms with Gasteiger partial charge in [-0.2, -0.15) is 5.26 Å². The fraction of sp³-hybridized carbons (Fsp3) is 0.435. The number of aromatic nitrogens is 1. The number of likely N-dealkylation sites (tertiary alicyclic amines) is 1. The maximum atomic E-state index is 13.9. The Kier molecular flexibility index (Phi) is 6.95. The van der Waals surface area contributed by atoms with E-state index < -0.39 is 11.4 Å². The minimum atomic E-state index is -0.594. The second-order valence-electron chi connectivity index (χ2n) is 8.30. The molecule has 0 saturated carbocycles. The van der Waals surface area contributed by atoms with Crippen LogP contribution in [0.25, 0.3) is 0 Å². The van der Waals surface area contributed by atoms with E-state index in [1.165, 1.54) is 12.1 Å². The van der Waals surface area contributed by atoms with Crippen LogP contribution in [0.5, 0.6) is 11.6 Å². The summed E-state index contributed by atoms with van der Waals surface area (Å²) in [5, 5.41) is 8.81. The third kappa shape index (κ3) is 6.57. The quantitative estimate of drug-likeness (QED) is 0.701. The minimum absolute atomic E-state index is 0.0571. The molecule has 0 N–H and O–H groups in total. The van der Waals surface area contributed by atoms with Crippen LogP contribution in [-0.2, 0) is 11.3 Å². The van der Waals surface area contributed by atoms with Crippen LogP contribution in [0.2, 0.25) is 0 Å². The van der Waals surface area contributed by atoms with Crippen molar-refractivity contribution in [3.63, 3.8) is 0 Å². The average Bonchev–Trinajstić information content (AvgIpc) is 2.72. The van der Waals surface area contributed by atoms with Gasteiger partial charge in [0.25, 0.3) is 0 Å². The number of amides is 1. The van der Waals surface area contributed by atoms with Crippen LogP contribution < -0.4 is 9.47 Å². The molecule has 0 bridgehead atoms. The van der Waals surface area contributed by atoms with Gasteiger partial charge >= 0.3 is 6.09 Å². The topological polar surface area (TPSA) is 84.7 Å². The fourth-order valence-corrected chi connectivity index (χ4v) is 3.10. The monoisotopic (exact) mass is 427 g/mol. The molecule has 31 heavy (non-hydrogen) atoms. The zero-order valence-corrected chi connectivity index (χ0v) is 17.9. The summed E-state index contributed by atoms with van der Waals surface area (Å²) < 4.78 is 30.8. The number of carbonyl (C=O) groups excluding carboxylic acids is 1. The van der Waals surface area contributed by atoms with Gasteiger partial charge in [-0.25, -0.2) is 14.2 Å². The molecule has 1 amide bonds. The molecule has 0 aliphatic carbocycles. The van der Waals surface area contributed by atoms with Crippen molar-refractivity contribution in [2.45, 2.75) is 51.9 Å². The number of ether oxygens (including phenoxy) is 3. The van der Waals surface area contributed by atoms with Crippen LogP contribution in [0.15, 0.2) is 36.4 Å². The molecule has 2 aromatic rings. The van der Waals surface area contributed by atoms with Gasteiger partial charge in [-0.05, 0) is 45.0 Å². The van der Waals surface area contributed by atoms with Crippen molar-refractivity contribution in [3.8, 4) is 17.7 Å². The highest BCUT2D eigenvalue weighted by molar-refractivity contribution is 5.68. The SMILES string of the molecule is CC(C)(C)OC(=O)N1CCC(Oc2cccc(COc3ccc(C#N)cc3F)n2)CC1. The summed E-state index contributed by atoms with van der Waals surface area (Å²) in [6.07, 6.45) is 0.993. The van der Waals surface area contributed by atoms with E-state index in [0.717, 1.165) is 6.07 Å². The molecule has 1 aliphatic rings. The molecule has 164 valence electrons. The van der Waals surface area contributed by atoms with E-state index in [4.69, 9.17) is 19.5 Å². The van der Waals surface area contributed by atoms with E-state index in [0.29, 0.717) is 37.5 Å². The first-order valence-electron chi connectivity index (χ1n) is 10.2. The van der Waals surface area contributed by atoms with Gasteiger partial charge in [0, 0.05) is 32.0 Å². The first kappa shape index (κ1) is 22.3. The van der Waals surface area contributed by atoms with Crippen LogP contribution in [0.3, 0.4) is 0 Å². The van der Waals surface area contributed by atoms with Crippen molar-refractivity contribution in [2.24, 2.45) is 0 Å². The van der Waals surface area contributed by atoms with Crippen molar-refractivity contribution >= 4 is 6.09 Å². The van der Waals surface area contributed by atoms with Crippen molar-refractivity contribution in [3.05, 3.63) is 53.5 Å². The summed E-state index contributed by atoms with van der Waals surface area (Å²) in [4.78, 5) is 18.3. The Morgan fingerprint density at radius 2 is 2.00 bits per heavy atom. The number of hydrogen-bond acceptors (Lipinski definition) is 6. The molecule has 0 atom stereocenters. The van der Waals surface area contributed by atoms with Gasteiger partial charge in [0.2, 0.25) is 5.88 Å². The Morgan fingerprint density at radius 3 is 2.65 bits per heavy atom. The highest BCUT2D eigenvalue weighted by Gasteiger charge is 2.27. The standard InChI is InChI=1S/C23H26FN3O4/c1-23(2,3)31-22(28)27-11-9-18(10-12-27)30-21-6-4-5-17(26-21)15-29-20-8-7-16(14-25)13-19(20)24/h4-8,13,18H,9-12,15H2,1-3H3. The van der Waals surface area contributed by atoms with Crippen LogP contribution in [0.4, 0.5) is 9.18 Å². The van der Waals surface area contributed by atoms with Crippen LogP contribution in [-0.4, -0.2) is 40.8 Å². The molecule has 0 radical (unpaired) electrons. The molecule has 1 aromatic carbocycles. The average molecular weight is 427 g/mol. The molecule has 2 heterocycles. The zero-order chi connectivity index (χ0) is 22.4. The molecule has 1 aliphatic heterocycles. The molecule has 0 spiro atoms. The first-order chi connectivity index (χ1) is 14.7. The predicted molar refractivity (Wildman–Crippen MR) is 111 cm³/mol. The van der Waals surface area contributed by atoms with Crippen LogP contribution in [0, 0.1) is 17.1 Å². The number of carbonyl (C=O) groups is 1. The molecule has 1 saturated heterocycles. The van der Waals surface area contributed by atoms with Crippen LogP contribution in [0.1, 0.15) is 44.9 Å². The number of nitriles is 1. The van der Waals surface area contributed by atoms with Gasteiger partial charge in [0.05, 0.1) is 17.3 Å². The van der Waals surface area contributed by atoms with E-state index in [1.54, 1.807) is 23.1 Å². The lowest BCUT2D eigenvalue weighted by Gasteiger charge is -2.33. The fourth-order valence-electron chi connectivity index (χ4n) is 3.10. The summed E-state index contributed by atoms with van der Waals surface area (Å²) in [5.41, 5.74) is 0.306. The number of hydrogen-bond donors (Lipinski definition) is 0. The zero-order valence-electron chi connectivity index (χ0n) is 17.9.